The third-order valence-corrected chi connectivity index (χ3v) is 3.44. The summed E-state index contributed by atoms with van der Waals surface area (Å²) in [7, 11) is 3.12. The fourth-order valence-corrected chi connectivity index (χ4v) is 2.11. The molecule has 1 amide bonds. The van der Waals surface area contributed by atoms with Crippen molar-refractivity contribution in [1.82, 2.24) is 0 Å². The second-order valence-electron chi connectivity index (χ2n) is 5.20. The summed E-state index contributed by atoms with van der Waals surface area (Å²) in [5.74, 6) is 0.795. The lowest BCUT2D eigenvalue weighted by Gasteiger charge is -2.10. The molecule has 0 radical (unpaired) electrons. The van der Waals surface area contributed by atoms with E-state index in [1.807, 2.05) is 31.2 Å². The van der Waals surface area contributed by atoms with Crippen LogP contribution < -0.4 is 20.1 Å². The molecule has 0 aliphatic rings. The number of carbonyl (C=O) groups is 1. The zero-order valence-electron chi connectivity index (χ0n) is 14.3. The number of nitriles is 1. The van der Waals surface area contributed by atoms with Crippen LogP contribution in [-0.4, -0.2) is 20.1 Å². The quantitative estimate of drug-likeness (QED) is 0.623. The summed E-state index contributed by atoms with van der Waals surface area (Å²) >= 11 is 0. The first-order chi connectivity index (χ1) is 12.1. The van der Waals surface area contributed by atoms with Gasteiger partial charge in [-0.1, -0.05) is 6.07 Å². The van der Waals surface area contributed by atoms with Gasteiger partial charge in [0.2, 0.25) is 0 Å². The van der Waals surface area contributed by atoms with Crippen molar-refractivity contribution in [3.8, 4) is 17.6 Å². The zero-order valence-corrected chi connectivity index (χ0v) is 14.3. The van der Waals surface area contributed by atoms with Gasteiger partial charge in [-0.05, 0) is 48.9 Å². The normalized spacial score (nSPS) is 10.6. The van der Waals surface area contributed by atoms with Crippen LogP contribution in [0.3, 0.4) is 0 Å². The first-order valence-corrected chi connectivity index (χ1v) is 7.54. The second kappa shape index (κ2) is 8.41. The van der Waals surface area contributed by atoms with Crippen molar-refractivity contribution in [2.24, 2.45) is 0 Å². The van der Waals surface area contributed by atoms with Gasteiger partial charge in [0.05, 0.1) is 19.9 Å². The van der Waals surface area contributed by atoms with Gasteiger partial charge in [0.25, 0.3) is 5.91 Å². The Bertz CT molecular complexity index is 821. The minimum atomic E-state index is -0.508. The van der Waals surface area contributed by atoms with E-state index in [-0.39, 0.29) is 5.57 Å². The molecule has 0 spiro atoms. The summed E-state index contributed by atoms with van der Waals surface area (Å²) in [6.45, 7) is 1.94. The van der Waals surface area contributed by atoms with Crippen LogP contribution in [-0.2, 0) is 4.79 Å². The van der Waals surface area contributed by atoms with E-state index in [4.69, 9.17) is 9.47 Å². The van der Waals surface area contributed by atoms with Crippen molar-refractivity contribution >= 4 is 17.3 Å². The number of benzene rings is 2. The van der Waals surface area contributed by atoms with Crippen molar-refractivity contribution in [3.63, 3.8) is 0 Å². The Morgan fingerprint density at radius 3 is 2.44 bits per heavy atom. The van der Waals surface area contributed by atoms with E-state index in [0.717, 1.165) is 5.56 Å². The molecule has 0 heterocycles. The Hall–Kier alpha value is -3.46. The van der Waals surface area contributed by atoms with E-state index in [2.05, 4.69) is 10.6 Å². The summed E-state index contributed by atoms with van der Waals surface area (Å²) in [6, 6.07) is 14.3. The standard InChI is InChI=1S/C19H19N3O3/c1-13-4-9-18(25-3)17(10-13)21-12-14(11-20)19(23)22-15-5-7-16(24-2)8-6-15/h4-10,12,21H,1-3H3,(H,22,23)/b14-12-. The summed E-state index contributed by atoms with van der Waals surface area (Å²) in [5.41, 5.74) is 2.21. The van der Waals surface area contributed by atoms with Crippen LogP contribution in [0.1, 0.15) is 5.56 Å². The van der Waals surface area contributed by atoms with E-state index in [1.165, 1.54) is 6.20 Å². The highest BCUT2D eigenvalue weighted by molar-refractivity contribution is 6.06. The fraction of sp³-hybridized carbons (Fsp3) is 0.158. The van der Waals surface area contributed by atoms with Gasteiger partial charge in [-0.3, -0.25) is 4.79 Å². The maximum atomic E-state index is 12.2. The molecule has 0 saturated heterocycles. The van der Waals surface area contributed by atoms with Crippen LogP contribution >= 0.6 is 0 Å². The van der Waals surface area contributed by atoms with Gasteiger partial charge in [-0.2, -0.15) is 5.26 Å². The first-order valence-electron chi connectivity index (χ1n) is 7.54. The summed E-state index contributed by atoms with van der Waals surface area (Å²) in [5, 5.41) is 14.9. The Labute approximate surface area is 146 Å². The lowest BCUT2D eigenvalue weighted by molar-refractivity contribution is -0.112. The molecule has 0 bridgehead atoms. The third-order valence-electron chi connectivity index (χ3n) is 3.44. The average molecular weight is 337 g/mol. The fourth-order valence-electron chi connectivity index (χ4n) is 2.11. The molecule has 0 aliphatic heterocycles. The number of hydrogen-bond acceptors (Lipinski definition) is 5. The molecular weight excluding hydrogens is 318 g/mol. The van der Waals surface area contributed by atoms with Gasteiger partial charge < -0.3 is 20.1 Å². The first kappa shape index (κ1) is 17.9. The van der Waals surface area contributed by atoms with E-state index in [0.29, 0.717) is 22.9 Å². The maximum absolute atomic E-state index is 12.2. The Balaban J connectivity index is 2.12. The molecule has 6 nitrogen and oxygen atoms in total. The van der Waals surface area contributed by atoms with Crippen LogP contribution in [0.2, 0.25) is 0 Å². The van der Waals surface area contributed by atoms with Crippen LogP contribution in [0.5, 0.6) is 11.5 Å². The van der Waals surface area contributed by atoms with Crippen molar-refractivity contribution < 1.29 is 14.3 Å². The van der Waals surface area contributed by atoms with Gasteiger partial charge in [0.1, 0.15) is 23.1 Å². The molecule has 2 aromatic carbocycles. The molecular formula is C19H19N3O3. The molecule has 0 aliphatic carbocycles. The number of methoxy groups -OCH3 is 2. The average Bonchev–Trinajstić information content (AvgIpc) is 2.63. The van der Waals surface area contributed by atoms with E-state index < -0.39 is 5.91 Å². The molecule has 0 saturated carbocycles. The number of amides is 1. The molecule has 0 fully saturated rings. The van der Waals surface area contributed by atoms with Gasteiger partial charge in [-0.25, -0.2) is 0 Å². The number of aryl methyl sites for hydroxylation is 1. The number of hydrogen-bond donors (Lipinski definition) is 2. The molecule has 0 unspecified atom stereocenters. The van der Waals surface area contributed by atoms with Crippen LogP contribution in [0.4, 0.5) is 11.4 Å². The molecule has 2 aromatic rings. The number of nitrogens with one attached hydrogen (secondary N) is 2. The van der Waals surface area contributed by atoms with Crippen molar-refractivity contribution in [2.75, 3.05) is 24.9 Å². The number of carbonyl (C=O) groups excluding carboxylic acids is 1. The SMILES string of the molecule is COc1ccc(NC(=O)/C(C#N)=C\Nc2cc(C)ccc2OC)cc1. The number of nitrogens with zero attached hydrogens (tertiary/aromatic N) is 1. The Kier molecular flexibility index (Phi) is 6.02. The highest BCUT2D eigenvalue weighted by Gasteiger charge is 2.10. The van der Waals surface area contributed by atoms with Gasteiger partial charge in [0.15, 0.2) is 0 Å². The molecule has 0 atom stereocenters. The third kappa shape index (κ3) is 4.75. The van der Waals surface area contributed by atoms with Gasteiger partial charge in [-0.15, -0.1) is 0 Å². The molecule has 128 valence electrons. The predicted octanol–water partition coefficient (Wildman–Crippen LogP) is 3.47. The molecule has 0 aromatic heterocycles. The smallest absolute Gasteiger partial charge is 0.267 e. The number of ether oxygens (including phenoxy) is 2. The number of rotatable bonds is 6. The van der Waals surface area contributed by atoms with Crippen LogP contribution in [0.15, 0.2) is 54.2 Å². The van der Waals surface area contributed by atoms with Gasteiger partial charge >= 0.3 is 0 Å². The number of anilines is 2. The second-order valence-corrected chi connectivity index (χ2v) is 5.20. The van der Waals surface area contributed by atoms with E-state index in [1.54, 1.807) is 38.5 Å². The van der Waals surface area contributed by atoms with Crippen molar-refractivity contribution in [2.45, 2.75) is 6.92 Å². The minimum Gasteiger partial charge on any atom is -0.497 e. The summed E-state index contributed by atoms with van der Waals surface area (Å²) < 4.78 is 10.3. The van der Waals surface area contributed by atoms with E-state index >= 15 is 0 Å². The monoisotopic (exact) mass is 337 g/mol. The summed E-state index contributed by atoms with van der Waals surface area (Å²) in [4.78, 5) is 12.2. The Morgan fingerprint density at radius 1 is 1.12 bits per heavy atom. The molecule has 6 heteroatoms. The van der Waals surface area contributed by atoms with Crippen LogP contribution in [0.25, 0.3) is 0 Å². The van der Waals surface area contributed by atoms with Crippen molar-refractivity contribution in [3.05, 3.63) is 59.8 Å². The molecule has 25 heavy (non-hydrogen) atoms. The lowest BCUT2D eigenvalue weighted by Crippen LogP contribution is -2.14. The van der Waals surface area contributed by atoms with Crippen LogP contribution in [0, 0.1) is 18.3 Å². The van der Waals surface area contributed by atoms with E-state index in [9.17, 15) is 10.1 Å². The lowest BCUT2D eigenvalue weighted by atomic mass is 10.2. The Morgan fingerprint density at radius 2 is 1.84 bits per heavy atom. The zero-order chi connectivity index (χ0) is 18.2. The summed E-state index contributed by atoms with van der Waals surface area (Å²) in [6.07, 6.45) is 1.36. The largest absolute Gasteiger partial charge is 0.497 e. The topological polar surface area (TPSA) is 83.4 Å². The molecule has 2 N–H and O–H groups in total. The minimum absolute atomic E-state index is 0.0561. The molecule has 2 rings (SSSR count). The highest BCUT2D eigenvalue weighted by Crippen LogP contribution is 2.25. The highest BCUT2D eigenvalue weighted by atomic mass is 16.5. The van der Waals surface area contributed by atoms with Gasteiger partial charge in [0, 0.05) is 11.9 Å². The van der Waals surface area contributed by atoms with Crippen molar-refractivity contribution in [1.29, 1.82) is 5.26 Å². The predicted molar refractivity (Wildman–Crippen MR) is 96.7 cm³/mol. The maximum Gasteiger partial charge on any atom is 0.267 e.